The van der Waals surface area contributed by atoms with Crippen molar-refractivity contribution in [1.82, 2.24) is 9.97 Å². The van der Waals surface area contributed by atoms with Crippen LogP contribution in [0.4, 0.5) is 5.82 Å². The molecular formula is C15H13N3. The minimum atomic E-state index is 0.884. The van der Waals surface area contributed by atoms with Gasteiger partial charge in [-0.2, -0.15) is 0 Å². The molecule has 88 valence electrons. The molecule has 3 rings (SSSR count). The first kappa shape index (κ1) is 10.7. The van der Waals surface area contributed by atoms with Crippen molar-refractivity contribution in [1.29, 1.82) is 0 Å². The van der Waals surface area contributed by atoms with Gasteiger partial charge in [0.15, 0.2) is 0 Å². The smallest absolute Gasteiger partial charge is 0.126 e. The highest BCUT2D eigenvalue weighted by molar-refractivity contribution is 5.88. The molecule has 0 saturated heterocycles. The molecule has 0 unspecified atom stereocenters. The quantitative estimate of drug-likeness (QED) is 0.740. The summed E-state index contributed by atoms with van der Waals surface area (Å²) in [7, 11) is 1.88. The molecule has 3 aromatic rings. The first-order valence-corrected chi connectivity index (χ1v) is 5.85. The zero-order valence-electron chi connectivity index (χ0n) is 10.1. The van der Waals surface area contributed by atoms with Crippen LogP contribution in [-0.4, -0.2) is 17.0 Å². The average molecular weight is 235 g/mol. The molecule has 0 aliphatic rings. The highest BCUT2D eigenvalue weighted by atomic mass is 14.9. The fraction of sp³-hybridized carbons (Fsp3) is 0.0667. The molecule has 0 spiro atoms. The second-order valence-electron chi connectivity index (χ2n) is 4.12. The van der Waals surface area contributed by atoms with E-state index in [1.54, 1.807) is 0 Å². The standard InChI is InChI=1S/C15H13N3/c1-16-15-9-14-8-12(2-3-13(14)10-18-15)11-4-6-17-7-5-11/h2-10H,1H3,(H,16,18). The first-order valence-electron chi connectivity index (χ1n) is 5.85. The van der Waals surface area contributed by atoms with E-state index in [2.05, 4.69) is 39.6 Å². The Labute approximate surface area is 106 Å². The number of hydrogen-bond acceptors (Lipinski definition) is 3. The number of aromatic nitrogens is 2. The summed E-state index contributed by atoms with van der Waals surface area (Å²) in [6.07, 6.45) is 5.51. The Morgan fingerprint density at radius 2 is 1.72 bits per heavy atom. The van der Waals surface area contributed by atoms with Gasteiger partial charge in [0.05, 0.1) is 0 Å². The Morgan fingerprint density at radius 1 is 0.889 bits per heavy atom. The number of hydrogen-bond donors (Lipinski definition) is 1. The van der Waals surface area contributed by atoms with E-state index in [4.69, 9.17) is 0 Å². The number of anilines is 1. The zero-order chi connectivity index (χ0) is 12.4. The molecule has 0 amide bonds. The van der Waals surface area contributed by atoms with Gasteiger partial charge in [-0.3, -0.25) is 4.98 Å². The summed E-state index contributed by atoms with van der Waals surface area (Å²) in [5.41, 5.74) is 2.37. The molecule has 0 aliphatic carbocycles. The largest absolute Gasteiger partial charge is 0.373 e. The highest BCUT2D eigenvalue weighted by Crippen LogP contribution is 2.24. The van der Waals surface area contributed by atoms with Crippen LogP contribution in [0.25, 0.3) is 21.9 Å². The van der Waals surface area contributed by atoms with Crippen molar-refractivity contribution in [3.8, 4) is 11.1 Å². The molecule has 0 atom stereocenters. The van der Waals surface area contributed by atoms with Crippen molar-refractivity contribution in [2.24, 2.45) is 0 Å². The van der Waals surface area contributed by atoms with Gasteiger partial charge in [0.2, 0.25) is 0 Å². The van der Waals surface area contributed by atoms with Crippen molar-refractivity contribution in [2.75, 3.05) is 12.4 Å². The van der Waals surface area contributed by atoms with Crippen LogP contribution in [0.3, 0.4) is 0 Å². The Balaban J connectivity index is 2.15. The van der Waals surface area contributed by atoms with Crippen LogP contribution in [0, 0.1) is 0 Å². The molecule has 3 nitrogen and oxygen atoms in total. The van der Waals surface area contributed by atoms with Gasteiger partial charge < -0.3 is 5.32 Å². The van der Waals surface area contributed by atoms with Crippen LogP contribution in [0.2, 0.25) is 0 Å². The molecule has 0 bridgehead atoms. The number of pyridine rings is 2. The van der Waals surface area contributed by atoms with Crippen LogP contribution < -0.4 is 5.32 Å². The van der Waals surface area contributed by atoms with E-state index in [1.165, 1.54) is 16.5 Å². The van der Waals surface area contributed by atoms with Crippen molar-refractivity contribution < 1.29 is 0 Å². The molecule has 1 aromatic carbocycles. The Morgan fingerprint density at radius 3 is 2.50 bits per heavy atom. The third-order valence-electron chi connectivity index (χ3n) is 2.99. The maximum absolute atomic E-state index is 4.31. The van der Waals surface area contributed by atoms with E-state index >= 15 is 0 Å². The summed E-state index contributed by atoms with van der Waals surface area (Å²) in [5.74, 6) is 0.884. The Hall–Kier alpha value is -2.42. The van der Waals surface area contributed by atoms with Gasteiger partial charge in [0.1, 0.15) is 5.82 Å². The molecule has 2 heterocycles. The summed E-state index contributed by atoms with van der Waals surface area (Å²) in [6.45, 7) is 0. The summed E-state index contributed by atoms with van der Waals surface area (Å²) in [4.78, 5) is 8.35. The third-order valence-corrected chi connectivity index (χ3v) is 2.99. The SMILES string of the molecule is CNc1cc2cc(-c3ccncc3)ccc2cn1. The molecule has 18 heavy (non-hydrogen) atoms. The zero-order valence-corrected chi connectivity index (χ0v) is 10.1. The third kappa shape index (κ3) is 1.91. The molecule has 0 saturated carbocycles. The topological polar surface area (TPSA) is 37.8 Å². The molecule has 2 aromatic heterocycles. The van der Waals surface area contributed by atoms with E-state index in [0.29, 0.717) is 0 Å². The van der Waals surface area contributed by atoms with Gasteiger partial charge in [0, 0.05) is 31.0 Å². The second kappa shape index (κ2) is 4.45. The Bertz CT molecular complexity index is 678. The minimum absolute atomic E-state index is 0.884. The highest BCUT2D eigenvalue weighted by Gasteiger charge is 2.00. The van der Waals surface area contributed by atoms with Crippen molar-refractivity contribution in [3.63, 3.8) is 0 Å². The fourth-order valence-electron chi connectivity index (χ4n) is 2.00. The minimum Gasteiger partial charge on any atom is -0.373 e. The average Bonchev–Trinajstić information content (AvgIpc) is 2.47. The van der Waals surface area contributed by atoms with Gasteiger partial charge in [-0.25, -0.2) is 4.98 Å². The molecular weight excluding hydrogens is 222 g/mol. The normalized spacial score (nSPS) is 10.5. The van der Waals surface area contributed by atoms with Crippen LogP contribution >= 0.6 is 0 Å². The van der Waals surface area contributed by atoms with Crippen LogP contribution in [0.1, 0.15) is 0 Å². The molecule has 0 fully saturated rings. The van der Waals surface area contributed by atoms with E-state index < -0.39 is 0 Å². The molecule has 1 N–H and O–H groups in total. The van der Waals surface area contributed by atoms with Gasteiger partial charge in [-0.05, 0) is 40.8 Å². The number of benzene rings is 1. The van der Waals surface area contributed by atoms with Crippen LogP contribution in [0.15, 0.2) is 55.0 Å². The summed E-state index contributed by atoms with van der Waals surface area (Å²) in [6, 6.07) is 12.5. The van der Waals surface area contributed by atoms with E-state index in [1.807, 2.05) is 37.8 Å². The first-order chi connectivity index (χ1) is 8.86. The number of fused-ring (bicyclic) bond motifs is 1. The van der Waals surface area contributed by atoms with Crippen LogP contribution in [-0.2, 0) is 0 Å². The summed E-state index contributed by atoms with van der Waals surface area (Å²) in [5, 5.41) is 5.39. The molecule has 0 aliphatic heterocycles. The Kier molecular flexibility index (Phi) is 2.65. The summed E-state index contributed by atoms with van der Waals surface area (Å²) >= 11 is 0. The lowest BCUT2D eigenvalue weighted by atomic mass is 10.0. The lowest BCUT2D eigenvalue weighted by Gasteiger charge is -2.05. The van der Waals surface area contributed by atoms with Crippen molar-refractivity contribution in [2.45, 2.75) is 0 Å². The second-order valence-corrected chi connectivity index (χ2v) is 4.12. The van der Waals surface area contributed by atoms with Gasteiger partial charge in [-0.1, -0.05) is 12.1 Å². The predicted molar refractivity (Wildman–Crippen MR) is 74.5 cm³/mol. The number of rotatable bonds is 2. The monoisotopic (exact) mass is 235 g/mol. The van der Waals surface area contributed by atoms with Crippen LogP contribution in [0.5, 0.6) is 0 Å². The molecule has 0 radical (unpaired) electrons. The van der Waals surface area contributed by atoms with E-state index in [9.17, 15) is 0 Å². The van der Waals surface area contributed by atoms with Gasteiger partial charge in [-0.15, -0.1) is 0 Å². The van der Waals surface area contributed by atoms with Gasteiger partial charge >= 0.3 is 0 Å². The maximum Gasteiger partial charge on any atom is 0.126 e. The lowest BCUT2D eigenvalue weighted by molar-refractivity contribution is 1.31. The maximum atomic E-state index is 4.31. The van der Waals surface area contributed by atoms with E-state index in [0.717, 1.165) is 11.2 Å². The van der Waals surface area contributed by atoms with Crippen molar-refractivity contribution >= 4 is 16.6 Å². The summed E-state index contributed by atoms with van der Waals surface area (Å²) < 4.78 is 0. The number of nitrogens with zero attached hydrogens (tertiary/aromatic N) is 2. The van der Waals surface area contributed by atoms with Gasteiger partial charge in [0.25, 0.3) is 0 Å². The molecule has 3 heteroatoms. The predicted octanol–water partition coefficient (Wildman–Crippen LogP) is 3.34. The fourth-order valence-corrected chi connectivity index (χ4v) is 2.00. The van der Waals surface area contributed by atoms with Crippen molar-refractivity contribution in [3.05, 3.63) is 55.0 Å². The lowest BCUT2D eigenvalue weighted by Crippen LogP contribution is -1.91. The van der Waals surface area contributed by atoms with E-state index in [-0.39, 0.29) is 0 Å². The number of nitrogens with one attached hydrogen (secondary N) is 1.